The van der Waals surface area contributed by atoms with Gasteiger partial charge < -0.3 is 5.32 Å². The summed E-state index contributed by atoms with van der Waals surface area (Å²) in [5.74, 6) is 4.73. The van der Waals surface area contributed by atoms with Crippen LogP contribution in [0.15, 0.2) is 18.6 Å². The predicted octanol–water partition coefficient (Wildman–Crippen LogP) is 3.59. The first-order valence-corrected chi connectivity index (χ1v) is 8.84. The van der Waals surface area contributed by atoms with Crippen molar-refractivity contribution in [2.75, 3.05) is 6.54 Å². The molecule has 1 aromatic heterocycles. The Bertz CT molecular complexity index is 445. The molecule has 1 atom stereocenters. The number of nitrogens with zero attached hydrogens (tertiary/aromatic N) is 2. The summed E-state index contributed by atoms with van der Waals surface area (Å²) in [6.45, 7) is 3.33. The van der Waals surface area contributed by atoms with Crippen LogP contribution in [0.4, 0.5) is 0 Å². The Morgan fingerprint density at radius 3 is 2.38 bits per heavy atom. The summed E-state index contributed by atoms with van der Waals surface area (Å²) in [5.41, 5.74) is 1.17. The number of hydrogen-bond donors (Lipinski definition) is 1. The maximum atomic E-state index is 4.64. The van der Waals surface area contributed by atoms with E-state index in [1.807, 2.05) is 12.4 Å². The predicted molar refractivity (Wildman–Crippen MR) is 83.6 cm³/mol. The molecule has 4 aliphatic rings. The monoisotopic (exact) mass is 285 g/mol. The first-order chi connectivity index (χ1) is 10.3. The first kappa shape index (κ1) is 13.7. The number of nitrogens with one attached hydrogen (secondary N) is 1. The van der Waals surface area contributed by atoms with Gasteiger partial charge in [-0.25, -0.2) is 0 Å². The zero-order chi connectivity index (χ0) is 14.2. The minimum atomic E-state index is 0.425. The highest BCUT2D eigenvalue weighted by molar-refractivity contribution is 5.10. The maximum absolute atomic E-state index is 4.64. The van der Waals surface area contributed by atoms with Gasteiger partial charge in [0.2, 0.25) is 0 Å². The van der Waals surface area contributed by atoms with Gasteiger partial charge in [-0.3, -0.25) is 9.97 Å². The molecule has 0 amide bonds. The van der Waals surface area contributed by atoms with Crippen LogP contribution in [0.5, 0.6) is 0 Å². The summed E-state index contributed by atoms with van der Waals surface area (Å²) in [7, 11) is 0. The second kappa shape index (κ2) is 5.68. The van der Waals surface area contributed by atoms with Gasteiger partial charge in [-0.2, -0.15) is 0 Å². The van der Waals surface area contributed by atoms with E-state index in [1.54, 1.807) is 6.20 Å². The lowest BCUT2D eigenvalue weighted by atomic mass is 9.50. The Labute approximate surface area is 128 Å². The van der Waals surface area contributed by atoms with E-state index in [2.05, 4.69) is 22.2 Å². The van der Waals surface area contributed by atoms with Crippen LogP contribution in [0.1, 0.15) is 57.2 Å². The van der Waals surface area contributed by atoms with Crippen molar-refractivity contribution in [2.45, 2.75) is 51.5 Å². The molecule has 4 aliphatic carbocycles. The Morgan fingerprint density at radius 1 is 1.10 bits per heavy atom. The Balaban J connectivity index is 1.61. The molecule has 114 valence electrons. The van der Waals surface area contributed by atoms with Crippen molar-refractivity contribution in [3.63, 3.8) is 0 Å². The highest BCUT2D eigenvalue weighted by Gasteiger charge is 2.50. The highest BCUT2D eigenvalue weighted by Crippen LogP contribution is 2.59. The quantitative estimate of drug-likeness (QED) is 0.898. The smallest absolute Gasteiger partial charge is 0.0759 e. The van der Waals surface area contributed by atoms with Gasteiger partial charge in [0.05, 0.1) is 11.7 Å². The maximum Gasteiger partial charge on any atom is 0.0759 e. The van der Waals surface area contributed by atoms with Gasteiger partial charge in [-0.1, -0.05) is 6.92 Å². The molecule has 4 fully saturated rings. The second-order valence-electron chi connectivity index (χ2n) is 7.57. The van der Waals surface area contributed by atoms with Crippen molar-refractivity contribution in [1.82, 2.24) is 15.3 Å². The average molecular weight is 285 g/mol. The lowest BCUT2D eigenvalue weighted by molar-refractivity contribution is -0.0531. The molecule has 1 heterocycles. The summed E-state index contributed by atoms with van der Waals surface area (Å²) in [4.78, 5) is 8.96. The minimum Gasteiger partial charge on any atom is -0.308 e. The Morgan fingerprint density at radius 2 is 1.81 bits per heavy atom. The fraction of sp³-hybridized carbons (Fsp3) is 0.778. The van der Waals surface area contributed by atoms with Crippen molar-refractivity contribution in [3.05, 3.63) is 24.3 Å². The van der Waals surface area contributed by atoms with Crippen LogP contribution >= 0.6 is 0 Å². The second-order valence-corrected chi connectivity index (χ2v) is 7.57. The molecule has 0 aliphatic heterocycles. The summed E-state index contributed by atoms with van der Waals surface area (Å²) in [5, 5.41) is 3.81. The molecule has 4 saturated carbocycles. The average Bonchev–Trinajstić information content (AvgIpc) is 2.50. The molecule has 0 spiro atoms. The number of aromatic nitrogens is 2. The SMILES string of the molecule is CCCNC(c1cnccn1)C1C2CC3CC(C2)CC1C3. The molecular formula is C18H27N3. The van der Waals surface area contributed by atoms with E-state index in [-0.39, 0.29) is 0 Å². The third-order valence-electron chi connectivity index (χ3n) is 6.20. The molecule has 1 N–H and O–H groups in total. The lowest BCUT2D eigenvalue weighted by Crippen LogP contribution is -2.49. The van der Waals surface area contributed by atoms with Gasteiger partial charge in [0.15, 0.2) is 0 Å². The van der Waals surface area contributed by atoms with Crippen LogP contribution in [0.2, 0.25) is 0 Å². The van der Waals surface area contributed by atoms with Gasteiger partial charge in [0, 0.05) is 18.6 Å². The van der Waals surface area contributed by atoms with E-state index in [1.165, 1.54) is 44.2 Å². The van der Waals surface area contributed by atoms with Crippen LogP contribution < -0.4 is 5.32 Å². The molecule has 21 heavy (non-hydrogen) atoms. The van der Waals surface area contributed by atoms with E-state index in [0.717, 1.165) is 36.1 Å². The molecule has 1 aromatic rings. The van der Waals surface area contributed by atoms with Crippen LogP contribution in [0.3, 0.4) is 0 Å². The molecule has 3 nitrogen and oxygen atoms in total. The van der Waals surface area contributed by atoms with Crippen LogP contribution in [0, 0.1) is 29.6 Å². The van der Waals surface area contributed by atoms with Crippen molar-refractivity contribution >= 4 is 0 Å². The third-order valence-corrected chi connectivity index (χ3v) is 6.20. The van der Waals surface area contributed by atoms with Gasteiger partial charge in [-0.15, -0.1) is 0 Å². The Hall–Kier alpha value is -0.960. The van der Waals surface area contributed by atoms with Crippen molar-refractivity contribution < 1.29 is 0 Å². The zero-order valence-electron chi connectivity index (χ0n) is 13.0. The molecule has 0 radical (unpaired) electrons. The lowest BCUT2D eigenvalue weighted by Gasteiger charge is -2.56. The molecule has 5 rings (SSSR count). The first-order valence-electron chi connectivity index (χ1n) is 8.84. The summed E-state index contributed by atoms with van der Waals surface area (Å²) >= 11 is 0. The van der Waals surface area contributed by atoms with Gasteiger partial charge in [-0.05, 0) is 74.7 Å². The Kier molecular flexibility index (Phi) is 3.70. The number of rotatable bonds is 5. The van der Waals surface area contributed by atoms with Crippen molar-refractivity contribution in [1.29, 1.82) is 0 Å². The third kappa shape index (κ3) is 2.50. The van der Waals surface area contributed by atoms with Crippen molar-refractivity contribution in [3.8, 4) is 0 Å². The molecular weight excluding hydrogens is 258 g/mol. The van der Waals surface area contributed by atoms with Gasteiger partial charge in [0.25, 0.3) is 0 Å². The van der Waals surface area contributed by atoms with Crippen LogP contribution in [-0.2, 0) is 0 Å². The van der Waals surface area contributed by atoms with Crippen molar-refractivity contribution in [2.24, 2.45) is 29.6 Å². The number of hydrogen-bond acceptors (Lipinski definition) is 3. The molecule has 3 heteroatoms. The molecule has 4 bridgehead atoms. The zero-order valence-corrected chi connectivity index (χ0v) is 13.0. The topological polar surface area (TPSA) is 37.8 Å². The van der Waals surface area contributed by atoms with Gasteiger partial charge in [0.1, 0.15) is 0 Å². The standard InChI is InChI=1S/C18H27N3/c1-2-3-21-18(16-11-19-4-5-20-16)17-14-7-12-6-13(9-14)10-15(17)8-12/h4-5,11-15,17-18,21H,2-3,6-10H2,1H3. The van der Waals surface area contributed by atoms with Gasteiger partial charge >= 0.3 is 0 Å². The fourth-order valence-electron chi connectivity index (χ4n) is 5.72. The van der Waals surface area contributed by atoms with E-state index >= 15 is 0 Å². The van der Waals surface area contributed by atoms with E-state index in [9.17, 15) is 0 Å². The minimum absolute atomic E-state index is 0.425. The fourth-order valence-corrected chi connectivity index (χ4v) is 5.72. The summed E-state index contributed by atoms with van der Waals surface area (Å²) in [6, 6.07) is 0.425. The highest BCUT2D eigenvalue weighted by atomic mass is 15.0. The van der Waals surface area contributed by atoms with E-state index < -0.39 is 0 Å². The normalized spacial score (nSPS) is 38.6. The van der Waals surface area contributed by atoms with E-state index in [0.29, 0.717) is 6.04 Å². The molecule has 0 saturated heterocycles. The molecule has 1 unspecified atom stereocenters. The van der Waals surface area contributed by atoms with E-state index in [4.69, 9.17) is 0 Å². The van der Waals surface area contributed by atoms with Crippen LogP contribution in [-0.4, -0.2) is 16.5 Å². The molecule has 0 aromatic carbocycles. The largest absolute Gasteiger partial charge is 0.308 e. The van der Waals surface area contributed by atoms with Crippen LogP contribution in [0.25, 0.3) is 0 Å². The summed E-state index contributed by atoms with van der Waals surface area (Å²) in [6.07, 6.45) is 14.2. The summed E-state index contributed by atoms with van der Waals surface area (Å²) < 4.78 is 0.